The van der Waals surface area contributed by atoms with Gasteiger partial charge in [-0.05, 0) is 47.4 Å². The average Bonchev–Trinajstić information content (AvgIpc) is 3.32. The van der Waals surface area contributed by atoms with Crippen molar-refractivity contribution in [3.05, 3.63) is 93.4 Å². The van der Waals surface area contributed by atoms with E-state index in [1.54, 1.807) is 52.3 Å². The second-order valence-corrected chi connectivity index (χ2v) is 12.5. The van der Waals surface area contributed by atoms with Crippen LogP contribution in [0.2, 0.25) is 0 Å². The minimum Gasteiger partial charge on any atom is -0.491 e. The van der Waals surface area contributed by atoms with Crippen LogP contribution >= 0.6 is 0 Å². The molecule has 0 unspecified atom stereocenters. The monoisotopic (exact) mass is 696 g/mol. The van der Waals surface area contributed by atoms with E-state index in [0.717, 1.165) is 5.56 Å². The zero-order chi connectivity index (χ0) is 37.3. The van der Waals surface area contributed by atoms with Crippen LogP contribution in [0.3, 0.4) is 0 Å². The summed E-state index contributed by atoms with van der Waals surface area (Å²) in [4.78, 5) is 60.0. The highest BCUT2D eigenvalue weighted by Gasteiger charge is 2.29. The van der Waals surface area contributed by atoms with Gasteiger partial charge in [0.05, 0.1) is 42.3 Å². The first kappa shape index (κ1) is 38.4. The van der Waals surface area contributed by atoms with Gasteiger partial charge in [0.2, 0.25) is 0 Å². The Morgan fingerprint density at radius 2 is 1.63 bits per heavy atom. The smallest absolute Gasteiger partial charge is 0.290 e. The average molecular weight is 697 g/mol. The van der Waals surface area contributed by atoms with E-state index in [1.807, 2.05) is 39.8 Å². The second kappa shape index (κ2) is 17.0. The molecule has 2 aromatic carbocycles. The fourth-order valence-electron chi connectivity index (χ4n) is 5.66. The molecule has 12 heteroatoms. The molecule has 0 bridgehead atoms. The third-order valence-electron chi connectivity index (χ3n) is 8.30. The number of hydrogen-bond donors (Lipinski definition) is 1. The van der Waals surface area contributed by atoms with E-state index in [9.17, 15) is 19.2 Å². The number of aldehydes is 1. The van der Waals surface area contributed by atoms with Gasteiger partial charge < -0.3 is 24.6 Å². The Morgan fingerprint density at radius 1 is 0.902 bits per heavy atom. The molecule has 270 valence electrons. The lowest BCUT2D eigenvalue weighted by molar-refractivity contribution is 0.0302. The molecule has 1 saturated heterocycles. The number of nitrogens with one attached hydrogen (secondary N) is 1. The molecule has 0 spiro atoms. The summed E-state index contributed by atoms with van der Waals surface area (Å²) in [6.45, 7) is 16.8. The Balaban J connectivity index is 0.00000141. The first-order valence-electron chi connectivity index (χ1n) is 17.4. The van der Waals surface area contributed by atoms with Crippen LogP contribution in [0.15, 0.2) is 65.6 Å². The van der Waals surface area contributed by atoms with Gasteiger partial charge in [0.1, 0.15) is 23.9 Å². The maximum Gasteiger partial charge on any atom is 0.290 e. The fourth-order valence-corrected chi connectivity index (χ4v) is 5.66. The van der Waals surface area contributed by atoms with Gasteiger partial charge in [-0.15, -0.1) is 0 Å². The van der Waals surface area contributed by atoms with Crippen molar-refractivity contribution >= 4 is 35.3 Å². The highest BCUT2D eigenvalue weighted by molar-refractivity contribution is 6.11. The van der Waals surface area contributed by atoms with Gasteiger partial charge in [-0.2, -0.15) is 5.10 Å². The third-order valence-corrected chi connectivity index (χ3v) is 8.30. The summed E-state index contributed by atoms with van der Waals surface area (Å²) in [6.07, 6.45) is 2.16. The lowest BCUT2D eigenvalue weighted by Crippen LogP contribution is -2.40. The first-order valence-corrected chi connectivity index (χ1v) is 17.4. The molecule has 6 rings (SSSR count). The van der Waals surface area contributed by atoms with E-state index < -0.39 is 5.56 Å². The molecule has 0 atom stereocenters. The van der Waals surface area contributed by atoms with Crippen molar-refractivity contribution in [2.45, 2.75) is 53.9 Å². The van der Waals surface area contributed by atoms with E-state index in [4.69, 9.17) is 9.47 Å². The molecule has 51 heavy (non-hydrogen) atoms. The number of morpholine rings is 1. The number of hydrogen-bond acceptors (Lipinski definition) is 9. The van der Waals surface area contributed by atoms with Gasteiger partial charge in [0, 0.05) is 37.5 Å². The van der Waals surface area contributed by atoms with Crippen LogP contribution in [-0.4, -0.2) is 77.2 Å². The minimum atomic E-state index is -0.418. The molecule has 2 aliphatic rings. The maximum absolute atomic E-state index is 13.8. The van der Waals surface area contributed by atoms with Crippen LogP contribution in [-0.2, 0) is 17.2 Å². The number of rotatable bonds is 6. The number of aromatic nitrogens is 3. The first-order chi connectivity index (χ1) is 24.5. The molecule has 4 aromatic rings. The predicted octanol–water partition coefficient (Wildman–Crippen LogP) is 6.26. The van der Waals surface area contributed by atoms with E-state index in [1.165, 1.54) is 17.9 Å². The van der Waals surface area contributed by atoms with E-state index in [-0.39, 0.29) is 41.6 Å². The molecule has 0 saturated carbocycles. The minimum absolute atomic E-state index is 0.121. The van der Waals surface area contributed by atoms with Crippen LogP contribution in [0, 0.1) is 0 Å². The van der Waals surface area contributed by atoms with Crippen LogP contribution in [0.4, 0.5) is 17.2 Å². The Morgan fingerprint density at radius 3 is 2.27 bits per heavy atom. The number of benzene rings is 2. The van der Waals surface area contributed by atoms with Crippen molar-refractivity contribution in [1.82, 2.24) is 19.7 Å². The van der Waals surface area contributed by atoms with Crippen molar-refractivity contribution in [2.24, 2.45) is 7.05 Å². The number of carbonyl (C=O) groups is 3. The topological polar surface area (TPSA) is 136 Å². The number of aryl methyl sites for hydroxylation is 1. The zero-order valence-electron chi connectivity index (χ0n) is 30.8. The van der Waals surface area contributed by atoms with Gasteiger partial charge in [-0.1, -0.05) is 66.7 Å². The number of fused-ring (bicyclic) bond motifs is 1. The van der Waals surface area contributed by atoms with Crippen molar-refractivity contribution in [3.63, 3.8) is 0 Å². The highest BCUT2D eigenvalue weighted by atomic mass is 16.5. The largest absolute Gasteiger partial charge is 0.491 e. The van der Waals surface area contributed by atoms with Gasteiger partial charge in [-0.3, -0.25) is 19.2 Å². The molecular formula is C39H48N6O6. The van der Waals surface area contributed by atoms with Crippen molar-refractivity contribution in [3.8, 4) is 17.0 Å². The van der Waals surface area contributed by atoms with E-state index in [0.29, 0.717) is 72.2 Å². The fraction of sp³-hybridized carbons (Fsp3) is 0.385. The second-order valence-electron chi connectivity index (χ2n) is 12.5. The lowest BCUT2D eigenvalue weighted by atomic mass is 9.86. The zero-order valence-corrected chi connectivity index (χ0v) is 30.8. The summed E-state index contributed by atoms with van der Waals surface area (Å²) < 4.78 is 12.5. The van der Waals surface area contributed by atoms with Gasteiger partial charge in [0.25, 0.3) is 17.4 Å². The van der Waals surface area contributed by atoms with Crippen LogP contribution in [0.25, 0.3) is 11.3 Å². The Bertz CT molecular complexity index is 1910. The summed E-state index contributed by atoms with van der Waals surface area (Å²) in [5.74, 6) is 0.445. The predicted molar refractivity (Wildman–Crippen MR) is 200 cm³/mol. The molecular weight excluding hydrogens is 648 g/mol. The normalized spacial score (nSPS) is 14.1. The number of nitrogens with zero attached hydrogens (tertiary/aromatic N) is 5. The summed E-state index contributed by atoms with van der Waals surface area (Å²) in [7, 11) is 1.51. The molecule has 2 amide bonds. The molecule has 0 radical (unpaired) electrons. The number of carbonyl (C=O) groups excluding carboxylic acids is 3. The van der Waals surface area contributed by atoms with Crippen LogP contribution in [0.5, 0.6) is 5.75 Å². The molecule has 1 N–H and O–H groups in total. The number of amides is 2. The van der Waals surface area contributed by atoms with Crippen LogP contribution < -0.4 is 20.5 Å². The maximum atomic E-state index is 13.8. The molecule has 2 aromatic heterocycles. The SMILES string of the molecule is CC.CC.Cn1nc(-c2cccc(N3CCOc4cc(C(C)(C)C)ccc4C3=O)c2C=O)cc(Nc2ccc(C(=O)N3CCOCC3)cn2)c1=O. The number of anilines is 3. The van der Waals surface area contributed by atoms with E-state index in [2.05, 4.69) is 36.2 Å². The van der Waals surface area contributed by atoms with Gasteiger partial charge >= 0.3 is 0 Å². The van der Waals surface area contributed by atoms with Gasteiger partial charge in [-0.25, -0.2) is 9.67 Å². The van der Waals surface area contributed by atoms with Crippen molar-refractivity contribution in [1.29, 1.82) is 0 Å². The lowest BCUT2D eigenvalue weighted by Gasteiger charge is -2.26. The quantitative estimate of drug-likeness (QED) is 0.232. The van der Waals surface area contributed by atoms with Gasteiger partial charge in [0.15, 0.2) is 6.29 Å². The highest BCUT2D eigenvalue weighted by Crippen LogP contribution is 2.35. The summed E-state index contributed by atoms with van der Waals surface area (Å²) in [5.41, 5.74) is 2.96. The molecule has 4 heterocycles. The third kappa shape index (κ3) is 8.51. The molecule has 12 nitrogen and oxygen atoms in total. The van der Waals surface area contributed by atoms with Crippen molar-refractivity contribution < 1.29 is 23.9 Å². The standard InChI is InChI=1S/C35H36N6O6.2C2H6/c1-35(2,3)23-9-10-25-30(18-23)47-17-14-41(33(25)44)29-7-5-6-24(26(29)21-42)27-19-28(34(45)39(4)38-27)37-31-11-8-22(20-36-31)32(43)40-12-15-46-16-13-40;2*1-2/h5-11,18-21H,12-17H2,1-4H3,(H,36,37);2*1-2H3. The van der Waals surface area contributed by atoms with Crippen molar-refractivity contribution in [2.75, 3.05) is 49.7 Å². The Labute approximate surface area is 299 Å². The summed E-state index contributed by atoms with van der Waals surface area (Å²) >= 11 is 0. The van der Waals surface area contributed by atoms with Crippen LogP contribution in [0.1, 0.15) is 85.1 Å². The molecule has 1 fully saturated rings. The number of pyridine rings is 1. The molecule has 2 aliphatic heterocycles. The molecule has 0 aliphatic carbocycles. The Hall–Kier alpha value is -5.36. The van der Waals surface area contributed by atoms with E-state index >= 15 is 0 Å². The summed E-state index contributed by atoms with van der Waals surface area (Å²) in [6, 6.07) is 15.6. The summed E-state index contributed by atoms with van der Waals surface area (Å²) in [5, 5.41) is 7.46. The number of ether oxygens (including phenoxy) is 2. The Kier molecular flexibility index (Phi) is 12.8.